The second kappa shape index (κ2) is 6.22. The molecule has 1 aliphatic carbocycles. The minimum atomic E-state index is -3.25. The summed E-state index contributed by atoms with van der Waals surface area (Å²) in [4.78, 5) is 6.82. The molecule has 0 atom stereocenters. The third-order valence-corrected chi connectivity index (χ3v) is 4.99. The predicted octanol–water partition coefficient (Wildman–Crippen LogP) is 2.63. The molecule has 1 aromatic rings. The molecule has 0 bridgehead atoms. The van der Waals surface area contributed by atoms with Crippen molar-refractivity contribution in [3.8, 4) is 0 Å². The number of nitrogens with zero attached hydrogens (tertiary/aromatic N) is 2. The van der Waals surface area contributed by atoms with Crippen molar-refractivity contribution >= 4 is 31.6 Å². The van der Waals surface area contributed by atoms with E-state index in [1.165, 1.54) is 19.1 Å². The van der Waals surface area contributed by atoms with E-state index < -0.39 is 9.84 Å². The monoisotopic (exact) mass is 346 g/mol. The lowest BCUT2D eigenvalue weighted by Gasteiger charge is -2.30. The zero-order valence-electron chi connectivity index (χ0n) is 11.0. The summed E-state index contributed by atoms with van der Waals surface area (Å²) in [7, 11) is -3.25. The van der Waals surface area contributed by atoms with Crippen molar-refractivity contribution < 1.29 is 8.42 Å². The van der Waals surface area contributed by atoms with E-state index in [4.69, 9.17) is 0 Å². The van der Waals surface area contributed by atoms with Crippen LogP contribution in [0.2, 0.25) is 0 Å². The maximum absolute atomic E-state index is 11.9. The van der Waals surface area contributed by atoms with Gasteiger partial charge in [-0.05, 0) is 25.0 Å². The first-order chi connectivity index (χ1) is 9.04. The standard InChI is InChI=1S/C13H19BrN2O2S/c1-19(17,18)12-7-4-9-15-13(12)16(10-8-14)11-5-2-3-6-11/h4,7,9,11H,2-3,5-6,8,10H2,1H3. The molecule has 0 N–H and O–H groups in total. The van der Waals surface area contributed by atoms with E-state index in [0.29, 0.717) is 16.8 Å². The first-order valence-corrected chi connectivity index (χ1v) is 9.53. The first-order valence-electron chi connectivity index (χ1n) is 6.51. The van der Waals surface area contributed by atoms with Crippen LogP contribution in [0.1, 0.15) is 25.7 Å². The molecule has 0 radical (unpaired) electrons. The van der Waals surface area contributed by atoms with Gasteiger partial charge in [0.2, 0.25) is 0 Å². The summed E-state index contributed by atoms with van der Waals surface area (Å²) in [6, 6.07) is 3.74. The van der Waals surface area contributed by atoms with Crippen molar-refractivity contribution in [2.75, 3.05) is 23.0 Å². The average Bonchev–Trinajstić information content (AvgIpc) is 2.88. The van der Waals surface area contributed by atoms with E-state index in [0.717, 1.165) is 24.7 Å². The Bertz CT molecular complexity index is 527. The van der Waals surface area contributed by atoms with Crippen molar-refractivity contribution in [2.45, 2.75) is 36.6 Å². The van der Waals surface area contributed by atoms with Crippen LogP contribution in [0.3, 0.4) is 0 Å². The molecule has 0 aliphatic heterocycles. The van der Waals surface area contributed by atoms with Gasteiger partial charge in [-0.1, -0.05) is 28.8 Å². The van der Waals surface area contributed by atoms with Crippen LogP contribution in [0.25, 0.3) is 0 Å². The summed E-state index contributed by atoms with van der Waals surface area (Å²) in [6.07, 6.45) is 7.57. The average molecular weight is 347 g/mol. The van der Waals surface area contributed by atoms with E-state index in [-0.39, 0.29) is 0 Å². The van der Waals surface area contributed by atoms with Crippen molar-refractivity contribution in [1.82, 2.24) is 4.98 Å². The summed E-state index contributed by atoms with van der Waals surface area (Å²) in [5.41, 5.74) is 0. The van der Waals surface area contributed by atoms with Gasteiger partial charge < -0.3 is 4.90 Å². The lowest BCUT2D eigenvalue weighted by Crippen LogP contribution is -2.36. The number of pyridine rings is 1. The molecular formula is C13H19BrN2O2S. The Balaban J connectivity index is 2.41. The highest BCUT2D eigenvalue weighted by atomic mass is 79.9. The lowest BCUT2D eigenvalue weighted by molar-refractivity contribution is 0.592. The normalized spacial score (nSPS) is 16.7. The van der Waals surface area contributed by atoms with E-state index in [1.54, 1.807) is 18.3 Å². The topological polar surface area (TPSA) is 50.3 Å². The summed E-state index contributed by atoms with van der Waals surface area (Å²) in [5, 5.41) is 0.809. The molecule has 1 saturated carbocycles. The first kappa shape index (κ1) is 14.8. The van der Waals surface area contributed by atoms with Gasteiger partial charge in [0.05, 0.1) is 0 Å². The van der Waals surface area contributed by atoms with Crippen LogP contribution in [-0.4, -0.2) is 37.6 Å². The molecule has 1 aromatic heterocycles. The molecule has 0 saturated heterocycles. The maximum atomic E-state index is 11.9. The van der Waals surface area contributed by atoms with Gasteiger partial charge in [-0.2, -0.15) is 0 Å². The number of sulfone groups is 1. The fourth-order valence-corrected chi connectivity index (χ4v) is 3.87. The molecule has 0 aromatic carbocycles. The highest BCUT2D eigenvalue weighted by Crippen LogP contribution is 2.30. The number of hydrogen-bond acceptors (Lipinski definition) is 4. The second-order valence-corrected chi connectivity index (χ2v) is 7.70. The molecule has 106 valence electrons. The van der Waals surface area contributed by atoms with Crippen LogP contribution >= 0.6 is 15.9 Å². The molecule has 0 spiro atoms. The Morgan fingerprint density at radius 3 is 2.68 bits per heavy atom. The van der Waals surface area contributed by atoms with Crippen LogP contribution < -0.4 is 4.90 Å². The maximum Gasteiger partial charge on any atom is 0.179 e. The van der Waals surface area contributed by atoms with E-state index in [1.807, 2.05) is 0 Å². The molecule has 6 heteroatoms. The van der Waals surface area contributed by atoms with Crippen LogP contribution in [0, 0.1) is 0 Å². The smallest absolute Gasteiger partial charge is 0.179 e. The number of halogens is 1. The lowest BCUT2D eigenvalue weighted by atomic mass is 10.2. The van der Waals surface area contributed by atoms with Gasteiger partial charge in [0.15, 0.2) is 9.84 Å². The fraction of sp³-hybridized carbons (Fsp3) is 0.615. The molecule has 0 unspecified atom stereocenters. The molecular weight excluding hydrogens is 328 g/mol. The Morgan fingerprint density at radius 1 is 1.42 bits per heavy atom. The zero-order chi connectivity index (χ0) is 13.9. The number of hydrogen-bond donors (Lipinski definition) is 0. The summed E-state index contributed by atoms with van der Waals surface area (Å²) < 4.78 is 23.8. The van der Waals surface area contributed by atoms with Crippen molar-refractivity contribution in [3.05, 3.63) is 18.3 Å². The highest BCUT2D eigenvalue weighted by molar-refractivity contribution is 9.09. The quantitative estimate of drug-likeness (QED) is 0.769. The third-order valence-electron chi connectivity index (χ3n) is 3.51. The van der Waals surface area contributed by atoms with Gasteiger partial charge in [-0.15, -0.1) is 0 Å². The molecule has 2 rings (SSSR count). The highest BCUT2D eigenvalue weighted by Gasteiger charge is 2.27. The van der Waals surface area contributed by atoms with Gasteiger partial charge in [-0.25, -0.2) is 13.4 Å². The molecule has 1 fully saturated rings. The number of anilines is 1. The zero-order valence-corrected chi connectivity index (χ0v) is 13.5. The second-order valence-electron chi connectivity index (χ2n) is 4.92. The van der Waals surface area contributed by atoms with Crippen molar-refractivity contribution in [3.63, 3.8) is 0 Å². The van der Waals surface area contributed by atoms with E-state index in [2.05, 4.69) is 25.8 Å². The van der Waals surface area contributed by atoms with Crippen LogP contribution in [-0.2, 0) is 9.84 Å². The molecule has 1 heterocycles. The minimum Gasteiger partial charge on any atom is -0.352 e. The van der Waals surface area contributed by atoms with Gasteiger partial charge in [0.25, 0.3) is 0 Å². The summed E-state index contributed by atoms with van der Waals surface area (Å²) >= 11 is 3.45. The number of rotatable bonds is 5. The van der Waals surface area contributed by atoms with Gasteiger partial charge in [-0.3, -0.25) is 0 Å². The van der Waals surface area contributed by atoms with Crippen molar-refractivity contribution in [1.29, 1.82) is 0 Å². The minimum absolute atomic E-state index is 0.336. The van der Waals surface area contributed by atoms with Gasteiger partial charge in [0, 0.05) is 30.4 Å². The van der Waals surface area contributed by atoms with Crippen LogP contribution in [0.4, 0.5) is 5.82 Å². The summed E-state index contributed by atoms with van der Waals surface area (Å²) in [5.74, 6) is 0.608. The Hall–Kier alpha value is -0.620. The van der Waals surface area contributed by atoms with Gasteiger partial charge >= 0.3 is 0 Å². The number of aromatic nitrogens is 1. The van der Waals surface area contributed by atoms with Crippen molar-refractivity contribution in [2.24, 2.45) is 0 Å². The SMILES string of the molecule is CS(=O)(=O)c1cccnc1N(CCBr)C1CCCC1. The van der Waals surface area contributed by atoms with Crippen LogP contribution in [0.15, 0.2) is 23.2 Å². The third kappa shape index (κ3) is 3.48. The van der Waals surface area contributed by atoms with Gasteiger partial charge in [0.1, 0.15) is 10.7 Å². The Labute approximate surface area is 123 Å². The molecule has 4 nitrogen and oxygen atoms in total. The molecule has 19 heavy (non-hydrogen) atoms. The van der Waals surface area contributed by atoms with Crippen LogP contribution in [0.5, 0.6) is 0 Å². The predicted molar refractivity (Wildman–Crippen MR) is 80.7 cm³/mol. The summed E-state index contributed by atoms with van der Waals surface area (Å²) in [6.45, 7) is 0.782. The number of alkyl halides is 1. The molecule has 0 amide bonds. The fourth-order valence-electron chi connectivity index (χ4n) is 2.66. The van der Waals surface area contributed by atoms with E-state index in [9.17, 15) is 8.42 Å². The Kier molecular flexibility index (Phi) is 4.84. The largest absolute Gasteiger partial charge is 0.352 e. The van der Waals surface area contributed by atoms with E-state index >= 15 is 0 Å². The molecule has 1 aliphatic rings. The Morgan fingerprint density at radius 2 is 2.11 bits per heavy atom.